The molecule has 2 atom stereocenters. The lowest BCUT2D eigenvalue weighted by Crippen LogP contribution is -2.46. The minimum absolute atomic E-state index is 0.0276. The van der Waals surface area contributed by atoms with Crippen molar-refractivity contribution in [1.29, 1.82) is 0 Å². The third-order valence-electron chi connectivity index (χ3n) is 4.24. The number of likely N-dealkylation sites (tertiary alicyclic amines) is 1. The Labute approximate surface area is 127 Å². The van der Waals surface area contributed by atoms with E-state index in [-0.39, 0.29) is 18.6 Å². The zero-order valence-electron chi connectivity index (χ0n) is 12.8. The first kappa shape index (κ1) is 16.0. The van der Waals surface area contributed by atoms with Crippen molar-refractivity contribution in [3.63, 3.8) is 0 Å². The molecule has 0 radical (unpaired) electrons. The zero-order valence-corrected chi connectivity index (χ0v) is 12.8. The Morgan fingerprint density at radius 1 is 1.38 bits per heavy atom. The molecule has 1 aliphatic rings. The highest BCUT2D eigenvalue weighted by atomic mass is 16.3. The highest BCUT2D eigenvalue weighted by Crippen LogP contribution is 2.19. The number of aliphatic hydroxyl groups excluding tert-OH is 1. The molecule has 2 rings (SSSR count). The van der Waals surface area contributed by atoms with Crippen molar-refractivity contribution >= 4 is 5.91 Å². The third kappa shape index (κ3) is 4.83. The number of hydrogen-bond acceptors (Lipinski definition) is 3. The molecule has 1 aromatic rings. The van der Waals surface area contributed by atoms with E-state index in [0.29, 0.717) is 12.6 Å². The summed E-state index contributed by atoms with van der Waals surface area (Å²) in [5, 5.41) is 12.2. The van der Waals surface area contributed by atoms with Gasteiger partial charge in [-0.05, 0) is 38.3 Å². The van der Waals surface area contributed by atoms with Gasteiger partial charge in [-0.15, -0.1) is 0 Å². The summed E-state index contributed by atoms with van der Waals surface area (Å²) in [6, 6.07) is 10.4. The van der Waals surface area contributed by atoms with Gasteiger partial charge in [0.15, 0.2) is 0 Å². The van der Waals surface area contributed by atoms with Gasteiger partial charge in [0, 0.05) is 12.6 Å². The molecule has 0 saturated carbocycles. The number of nitrogens with one attached hydrogen (secondary N) is 1. The predicted octanol–water partition coefficient (Wildman–Crippen LogP) is 2.10. The van der Waals surface area contributed by atoms with E-state index in [4.69, 9.17) is 5.11 Å². The topological polar surface area (TPSA) is 52.6 Å². The fraction of sp³-hybridized carbons (Fsp3) is 0.588. The van der Waals surface area contributed by atoms with Gasteiger partial charge < -0.3 is 10.4 Å². The molecule has 21 heavy (non-hydrogen) atoms. The minimum atomic E-state index is 0.0276. The molecule has 1 saturated heterocycles. The maximum absolute atomic E-state index is 12.2. The van der Waals surface area contributed by atoms with Crippen molar-refractivity contribution in [2.45, 2.75) is 44.7 Å². The van der Waals surface area contributed by atoms with Crippen LogP contribution in [0.4, 0.5) is 0 Å². The molecule has 0 aliphatic carbocycles. The molecule has 0 bridgehead atoms. The van der Waals surface area contributed by atoms with Gasteiger partial charge in [0.05, 0.1) is 12.6 Å². The molecule has 1 aliphatic heterocycles. The second-order valence-corrected chi connectivity index (χ2v) is 5.83. The smallest absolute Gasteiger partial charge is 0.234 e. The van der Waals surface area contributed by atoms with Crippen LogP contribution in [0.1, 0.15) is 44.2 Å². The Hall–Kier alpha value is -1.39. The van der Waals surface area contributed by atoms with Gasteiger partial charge >= 0.3 is 0 Å². The quantitative estimate of drug-likeness (QED) is 0.843. The lowest BCUT2D eigenvalue weighted by Gasteiger charge is -2.35. The van der Waals surface area contributed by atoms with Crippen molar-refractivity contribution in [2.24, 2.45) is 0 Å². The lowest BCUT2D eigenvalue weighted by molar-refractivity contribution is -0.123. The van der Waals surface area contributed by atoms with Crippen molar-refractivity contribution in [3.05, 3.63) is 35.9 Å². The second kappa shape index (κ2) is 8.15. The van der Waals surface area contributed by atoms with Gasteiger partial charge in [0.25, 0.3) is 0 Å². The van der Waals surface area contributed by atoms with Gasteiger partial charge in [0.2, 0.25) is 5.91 Å². The highest BCUT2D eigenvalue weighted by molar-refractivity contribution is 5.78. The van der Waals surface area contributed by atoms with Crippen molar-refractivity contribution in [1.82, 2.24) is 10.2 Å². The molecule has 2 unspecified atom stereocenters. The van der Waals surface area contributed by atoms with Gasteiger partial charge in [-0.3, -0.25) is 9.69 Å². The summed E-state index contributed by atoms with van der Waals surface area (Å²) in [7, 11) is 0. The maximum Gasteiger partial charge on any atom is 0.234 e. The number of piperidine rings is 1. The van der Waals surface area contributed by atoms with E-state index in [9.17, 15) is 4.79 Å². The molecule has 1 aromatic carbocycles. The number of carbonyl (C=O) groups is 1. The third-order valence-corrected chi connectivity index (χ3v) is 4.24. The van der Waals surface area contributed by atoms with Crippen LogP contribution < -0.4 is 5.32 Å². The Kier molecular flexibility index (Phi) is 6.21. The predicted molar refractivity (Wildman–Crippen MR) is 83.9 cm³/mol. The number of amides is 1. The Morgan fingerprint density at radius 3 is 2.86 bits per heavy atom. The summed E-state index contributed by atoms with van der Waals surface area (Å²) in [5.74, 6) is 0.0659. The van der Waals surface area contributed by atoms with Gasteiger partial charge in [-0.2, -0.15) is 0 Å². The molecule has 1 heterocycles. The molecular weight excluding hydrogens is 264 g/mol. The van der Waals surface area contributed by atoms with E-state index in [1.54, 1.807) is 0 Å². The van der Waals surface area contributed by atoms with Crippen molar-refractivity contribution < 1.29 is 9.90 Å². The molecule has 1 fully saturated rings. The SMILES string of the molecule is CC(NC(=O)CN1CCCCC1CCO)c1ccccc1. The van der Waals surface area contributed by atoms with Crippen LogP contribution in [-0.4, -0.2) is 41.7 Å². The fourth-order valence-corrected chi connectivity index (χ4v) is 3.04. The van der Waals surface area contributed by atoms with E-state index < -0.39 is 0 Å². The molecule has 2 N–H and O–H groups in total. The highest BCUT2D eigenvalue weighted by Gasteiger charge is 2.24. The summed E-state index contributed by atoms with van der Waals surface area (Å²) in [4.78, 5) is 14.4. The van der Waals surface area contributed by atoms with Crippen LogP contribution in [0.3, 0.4) is 0 Å². The molecule has 4 heteroatoms. The fourth-order valence-electron chi connectivity index (χ4n) is 3.04. The van der Waals surface area contributed by atoms with Crippen LogP contribution in [0, 0.1) is 0 Å². The van der Waals surface area contributed by atoms with Crippen molar-refractivity contribution in [3.8, 4) is 0 Å². The average molecular weight is 290 g/mol. The number of rotatable bonds is 6. The summed E-state index contributed by atoms with van der Waals surface area (Å²) in [5.41, 5.74) is 1.12. The molecular formula is C17H26N2O2. The Balaban J connectivity index is 1.85. The molecule has 0 aromatic heterocycles. The van der Waals surface area contributed by atoms with E-state index in [2.05, 4.69) is 10.2 Å². The van der Waals surface area contributed by atoms with Crippen LogP contribution in [0.25, 0.3) is 0 Å². The number of carbonyl (C=O) groups excluding carboxylic acids is 1. The van der Waals surface area contributed by atoms with Crippen LogP contribution in [0.5, 0.6) is 0 Å². The molecule has 0 spiro atoms. The average Bonchev–Trinajstić information content (AvgIpc) is 2.50. The van der Waals surface area contributed by atoms with Gasteiger partial charge in [0.1, 0.15) is 0 Å². The Morgan fingerprint density at radius 2 is 2.14 bits per heavy atom. The van der Waals surface area contributed by atoms with Gasteiger partial charge in [-0.1, -0.05) is 36.8 Å². The lowest BCUT2D eigenvalue weighted by atomic mass is 9.99. The minimum Gasteiger partial charge on any atom is -0.396 e. The summed E-state index contributed by atoms with van der Waals surface area (Å²) in [6.07, 6.45) is 4.19. The number of aliphatic hydroxyl groups is 1. The summed E-state index contributed by atoms with van der Waals surface area (Å²) >= 11 is 0. The number of nitrogens with zero attached hydrogens (tertiary/aromatic N) is 1. The van der Waals surface area contributed by atoms with Crippen LogP contribution in [0.15, 0.2) is 30.3 Å². The number of benzene rings is 1. The molecule has 4 nitrogen and oxygen atoms in total. The zero-order chi connectivity index (χ0) is 15.1. The van der Waals surface area contributed by atoms with Gasteiger partial charge in [-0.25, -0.2) is 0 Å². The van der Waals surface area contributed by atoms with Crippen LogP contribution >= 0.6 is 0 Å². The summed E-state index contributed by atoms with van der Waals surface area (Å²) in [6.45, 7) is 3.59. The van der Waals surface area contributed by atoms with Crippen molar-refractivity contribution in [2.75, 3.05) is 19.7 Å². The largest absolute Gasteiger partial charge is 0.396 e. The Bertz CT molecular complexity index is 434. The number of hydrogen-bond donors (Lipinski definition) is 2. The first-order valence-corrected chi connectivity index (χ1v) is 7.90. The second-order valence-electron chi connectivity index (χ2n) is 5.83. The van der Waals surface area contributed by atoms with Crippen LogP contribution in [0.2, 0.25) is 0 Å². The van der Waals surface area contributed by atoms with E-state index >= 15 is 0 Å². The first-order chi connectivity index (χ1) is 10.2. The normalized spacial score (nSPS) is 21.0. The molecule has 116 valence electrons. The first-order valence-electron chi connectivity index (χ1n) is 7.90. The maximum atomic E-state index is 12.2. The monoisotopic (exact) mass is 290 g/mol. The summed E-state index contributed by atoms with van der Waals surface area (Å²) < 4.78 is 0. The van der Waals surface area contributed by atoms with E-state index in [1.807, 2.05) is 37.3 Å². The molecule has 1 amide bonds. The van der Waals surface area contributed by atoms with Crippen LogP contribution in [-0.2, 0) is 4.79 Å². The van der Waals surface area contributed by atoms with E-state index in [0.717, 1.165) is 31.4 Å². The van der Waals surface area contributed by atoms with E-state index in [1.165, 1.54) is 6.42 Å². The standard InChI is InChI=1S/C17H26N2O2/c1-14(15-7-3-2-4-8-15)18-17(21)13-19-11-6-5-9-16(19)10-12-20/h2-4,7-8,14,16,20H,5-6,9-13H2,1H3,(H,18,21).